The number of carbonyl (C=O) groups excluding carboxylic acids is 1. The summed E-state index contributed by atoms with van der Waals surface area (Å²) in [6, 6.07) is 2.86. The van der Waals surface area contributed by atoms with Crippen LogP contribution >= 0.6 is 0 Å². The third-order valence-electron chi connectivity index (χ3n) is 1.96. The minimum absolute atomic E-state index is 0.0368. The molecule has 14 heavy (non-hydrogen) atoms. The lowest BCUT2D eigenvalue weighted by Gasteiger charge is -2.04. The van der Waals surface area contributed by atoms with Crippen molar-refractivity contribution in [1.82, 2.24) is 0 Å². The summed E-state index contributed by atoms with van der Waals surface area (Å²) in [5.74, 6) is -0.539. The van der Waals surface area contributed by atoms with Crippen LogP contribution in [0.1, 0.15) is 21.5 Å². The van der Waals surface area contributed by atoms with Crippen LogP contribution in [0.3, 0.4) is 0 Å². The second kappa shape index (κ2) is 4.67. The molecule has 0 bridgehead atoms. The van der Waals surface area contributed by atoms with Crippen molar-refractivity contribution >= 4 is 12.4 Å². The summed E-state index contributed by atoms with van der Waals surface area (Å²) in [7, 11) is 0. The molecule has 0 heterocycles. The van der Waals surface area contributed by atoms with Gasteiger partial charge >= 0.3 is 0 Å². The fraction of sp³-hybridized carbons (Fsp3) is 0.182. The molecule has 0 saturated heterocycles. The highest BCUT2D eigenvalue weighted by Crippen LogP contribution is 2.17. The monoisotopic (exact) mass is 194 g/mol. The van der Waals surface area contributed by atoms with Gasteiger partial charge in [-0.25, -0.2) is 4.39 Å². The summed E-state index contributed by atoms with van der Waals surface area (Å²) in [5, 5.41) is 8.58. The lowest BCUT2D eigenvalue weighted by atomic mass is 10.0. The van der Waals surface area contributed by atoms with E-state index in [0.29, 0.717) is 11.8 Å². The molecule has 1 aromatic rings. The van der Waals surface area contributed by atoms with Gasteiger partial charge in [-0.05, 0) is 24.1 Å². The Bertz CT molecular complexity index is 370. The Kier molecular flexibility index (Phi) is 3.54. The quantitative estimate of drug-likeness (QED) is 0.747. The zero-order valence-corrected chi connectivity index (χ0v) is 7.83. The first kappa shape index (κ1) is 10.6. The van der Waals surface area contributed by atoms with E-state index in [0.717, 1.165) is 5.56 Å². The fourth-order valence-corrected chi connectivity index (χ4v) is 1.23. The Balaban J connectivity index is 3.29. The Morgan fingerprint density at radius 3 is 2.71 bits per heavy atom. The molecule has 0 aliphatic rings. The van der Waals surface area contributed by atoms with E-state index < -0.39 is 5.82 Å². The average Bonchev–Trinajstić information content (AvgIpc) is 2.19. The molecule has 0 amide bonds. The smallest absolute Gasteiger partial charge is 0.153 e. The molecule has 2 nitrogen and oxygen atoms in total. The predicted octanol–water partition coefficient (Wildman–Crippen LogP) is 1.95. The predicted molar refractivity (Wildman–Crippen MR) is 52.6 cm³/mol. The first-order valence-corrected chi connectivity index (χ1v) is 4.22. The first-order chi connectivity index (χ1) is 6.70. The molecule has 0 radical (unpaired) electrons. The lowest BCUT2D eigenvalue weighted by Crippen LogP contribution is -1.95. The Hall–Kier alpha value is -1.48. The number of benzene rings is 1. The van der Waals surface area contributed by atoms with Gasteiger partial charge in [-0.1, -0.05) is 18.2 Å². The van der Waals surface area contributed by atoms with E-state index >= 15 is 0 Å². The number of carbonyl (C=O) groups is 1. The molecule has 0 unspecified atom stereocenters. The maximum atomic E-state index is 13.1. The Morgan fingerprint density at radius 1 is 1.43 bits per heavy atom. The number of halogens is 1. The van der Waals surface area contributed by atoms with Gasteiger partial charge in [-0.2, -0.15) is 0 Å². The summed E-state index contributed by atoms with van der Waals surface area (Å²) < 4.78 is 13.1. The van der Waals surface area contributed by atoms with Crippen molar-refractivity contribution in [2.24, 2.45) is 0 Å². The average molecular weight is 194 g/mol. The molecule has 1 aromatic carbocycles. The molecule has 0 atom stereocenters. The molecule has 1 rings (SSSR count). The van der Waals surface area contributed by atoms with Crippen LogP contribution in [-0.4, -0.2) is 18.0 Å². The summed E-state index contributed by atoms with van der Waals surface area (Å²) in [6.07, 6.45) is 3.50. The summed E-state index contributed by atoms with van der Waals surface area (Å²) in [5.41, 5.74) is 1.36. The van der Waals surface area contributed by atoms with Crippen LogP contribution in [0, 0.1) is 12.7 Å². The van der Waals surface area contributed by atoms with Crippen LogP contribution in [0.2, 0.25) is 0 Å². The molecule has 1 N–H and O–H groups in total. The highest BCUT2D eigenvalue weighted by atomic mass is 19.1. The van der Waals surface area contributed by atoms with Gasteiger partial charge in [-0.3, -0.25) is 4.79 Å². The van der Waals surface area contributed by atoms with Crippen molar-refractivity contribution < 1.29 is 14.3 Å². The second-order valence-corrected chi connectivity index (χ2v) is 2.89. The molecular weight excluding hydrogens is 183 g/mol. The highest BCUT2D eigenvalue weighted by molar-refractivity contribution is 5.83. The van der Waals surface area contributed by atoms with Crippen molar-refractivity contribution in [2.75, 3.05) is 6.61 Å². The van der Waals surface area contributed by atoms with Crippen LogP contribution in [0.4, 0.5) is 4.39 Å². The number of aliphatic hydroxyl groups excluding tert-OH is 1. The number of aryl methyl sites for hydroxylation is 1. The zero-order chi connectivity index (χ0) is 10.6. The largest absolute Gasteiger partial charge is 0.392 e. The van der Waals surface area contributed by atoms with Gasteiger partial charge in [0.05, 0.1) is 12.2 Å². The van der Waals surface area contributed by atoms with Crippen molar-refractivity contribution in [2.45, 2.75) is 6.92 Å². The van der Waals surface area contributed by atoms with Gasteiger partial charge in [0.2, 0.25) is 0 Å². The van der Waals surface area contributed by atoms with Crippen LogP contribution in [-0.2, 0) is 0 Å². The molecule has 0 aliphatic carbocycles. The zero-order valence-electron chi connectivity index (χ0n) is 7.83. The third kappa shape index (κ3) is 2.06. The van der Waals surface area contributed by atoms with E-state index in [1.54, 1.807) is 19.1 Å². The van der Waals surface area contributed by atoms with Gasteiger partial charge in [0.15, 0.2) is 6.29 Å². The molecule has 0 fully saturated rings. The number of rotatable bonds is 3. The topological polar surface area (TPSA) is 37.3 Å². The minimum Gasteiger partial charge on any atom is -0.392 e. The number of aliphatic hydroxyl groups is 1. The van der Waals surface area contributed by atoms with Crippen LogP contribution in [0.15, 0.2) is 18.2 Å². The van der Waals surface area contributed by atoms with E-state index in [4.69, 9.17) is 5.11 Å². The van der Waals surface area contributed by atoms with E-state index in [2.05, 4.69) is 0 Å². The van der Waals surface area contributed by atoms with Gasteiger partial charge in [0, 0.05) is 0 Å². The number of hydrogen-bond acceptors (Lipinski definition) is 2. The third-order valence-corrected chi connectivity index (χ3v) is 1.96. The molecule has 0 saturated carbocycles. The first-order valence-electron chi connectivity index (χ1n) is 4.22. The molecule has 0 aromatic heterocycles. The second-order valence-electron chi connectivity index (χ2n) is 2.89. The summed E-state index contributed by atoms with van der Waals surface area (Å²) >= 11 is 0. The van der Waals surface area contributed by atoms with E-state index in [1.807, 2.05) is 0 Å². The normalized spacial score (nSPS) is 10.8. The maximum absolute atomic E-state index is 13.1. The van der Waals surface area contributed by atoms with Gasteiger partial charge in [0.1, 0.15) is 5.82 Å². The molecule has 0 spiro atoms. The summed E-state index contributed by atoms with van der Waals surface area (Å²) in [4.78, 5) is 10.6. The van der Waals surface area contributed by atoms with Crippen LogP contribution in [0.25, 0.3) is 6.08 Å². The SMILES string of the molecule is Cc1ccc(F)c(C=O)c1C=CCO. The number of aldehydes is 1. The van der Waals surface area contributed by atoms with E-state index in [1.165, 1.54) is 12.1 Å². The van der Waals surface area contributed by atoms with Gasteiger partial charge in [-0.15, -0.1) is 0 Å². The van der Waals surface area contributed by atoms with Crippen molar-refractivity contribution in [1.29, 1.82) is 0 Å². The minimum atomic E-state index is -0.539. The lowest BCUT2D eigenvalue weighted by molar-refractivity contribution is 0.111. The van der Waals surface area contributed by atoms with Crippen molar-refractivity contribution in [3.05, 3.63) is 40.7 Å². The Labute approximate surface area is 81.7 Å². The van der Waals surface area contributed by atoms with E-state index in [9.17, 15) is 9.18 Å². The molecular formula is C11H11FO2. The van der Waals surface area contributed by atoms with Gasteiger partial charge < -0.3 is 5.11 Å². The maximum Gasteiger partial charge on any atom is 0.153 e. The van der Waals surface area contributed by atoms with Gasteiger partial charge in [0.25, 0.3) is 0 Å². The van der Waals surface area contributed by atoms with Crippen molar-refractivity contribution in [3.63, 3.8) is 0 Å². The van der Waals surface area contributed by atoms with E-state index in [-0.39, 0.29) is 12.2 Å². The molecule has 0 aliphatic heterocycles. The molecule has 3 heteroatoms. The fourth-order valence-electron chi connectivity index (χ4n) is 1.23. The molecule has 74 valence electrons. The van der Waals surface area contributed by atoms with Crippen LogP contribution in [0.5, 0.6) is 0 Å². The van der Waals surface area contributed by atoms with Crippen LogP contribution < -0.4 is 0 Å². The highest BCUT2D eigenvalue weighted by Gasteiger charge is 2.07. The Morgan fingerprint density at radius 2 is 2.14 bits per heavy atom. The van der Waals surface area contributed by atoms with Crippen molar-refractivity contribution in [3.8, 4) is 0 Å². The standard InChI is InChI=1S/C11H11FO2/c1-8-4-5-11(12)10(7-14)9(8)3-2-6-13/h2-5,7,13H,6H2,1H3. The summed E-state index contributed by atoms with van der Waals surface area (Å²) in [6.45, 7) is 1.65. The number of hydrogen-bond donors (Lipinski definition) is 1.